The third-order valence-corrected chi connectivity index (χ3v) is 5.67. The van der Waals surface area contributed by atoms with Crippen molar-refractivity contribution in [1.29, 1.82) is 0 Å². The molecule has 0 saturated heterocycles. The number of carbonyl (C=O) groups excluding carboxylic acids is 1. The Morgan fingerprint density at radius 3 is 2.19 bits per heavy atom. The molecule has 0 fully saturated rings. The fourth-order valence-electron chi connectivity index (χ4n) is 1.76. The Morgan fingerprint density at radius 2 is 1.76 bits per heavy atom. The molecule has 1 aromatic rings. The lowest BCUT2D eigenvalue weighted by molar-refractivity contribution is -0.118. The minimum Gasteiger partial charge on any atom is -0.326 e. The molecular formula is C14H21ClN2O3S. The third-order valence-electron chi connectivity index (χ3n) is 3.14. The van der Waals surface area contributed by atoms with E-state index in [1.54, 1.807) is 32.9 Å². The van der Waals surface area contributed by atoms with Crippen LogP contribution >= 0.6 is 11.6 Å². The lowest BCUT2D eigenvalue weighted by Gasteiger charge is -2.18. The molecule has 1 N–H and O–H groups in total. The molecule has 1 rings (SSSR count). The van der Waals surface area contributed by atoms with Gasteiger partial charge in [0.2, 0.25) is 15.9 Å². The first kappa shape index (κ1) is 17.9. The summed E-state index contributed by atoms with van der Waals surface area (Å²) in [5.74, 6) is -0.254. The van der Waals surface area contributed by atoms with Crippen LogP contribution in [0.5, 0.6) is 0 Å². The van der Waals surface area contributed by atoms with E-state index in [9.17, 15) is 13.2 Å². The zero-order valence-electron chi connectivity index (χ0n) is 12.5. The van der Waals surface area contributed by atoms with Gasteiger partial charge in [0.05, 0.1) is 4.90 Å². The van der Waals surface area contributed by atoms with Crippen molar-refractivity contribution in [1.82, 2.24) is 4.31 Å². The minimum atomic E-state index is -3.47. The highest BCUT2D eigenvalue weighted by atomic mass is 35.5. The van der Waals surface area contributed by atoms with E-state index < -0.39 is 10.0 Å². The van der Waals surface area contributed by atoms with Gasteiger partial charge in [-0.15, -0.1) is 11.6 Å². The average molecular weight is 333 g/mol. The number of carbonyl (C=O) groups is 1. The van der Waals surface area contributed by atoms with Gasteiger partial charge in [0.1, 0.15) is 0 Å². The summed E-state index contributed by atoms with van der Waals surface area (Å²) in [7, 11) is -3.47. The minimum absolute atomic E-state index is 0.190. The highest BCUT2D eigenvalue weighted by molar-refractivity contribution is 7.89. The van der Waals surface area contributed by atoms with Gasteiger partial charge in [-0.2, -0.15) is 4.31 Å². The van der Waals surface area contributed by atoms with Crippen LogP contribution in [0.4, 0.5) is 5.69 Å². The molecule has 5 nitrogen and oxygen atoms in total. The molecule has 0 aromatic heterocycles. The van der Waals surface area contributed by atoms with Crippen LogP contribution in [0.15, 0.2) is 29.2 Å². The molecule has 7 heteroatoms. The second kappa shape index (κ2) is 7.77. The summed E-state index contributed by atoms with van der Waals surface area (Å²) in [5.41, 5.74) is 0.551. The maximum absolute atomic E-state index is 12.3. The second-order valence-electron chi connectivity index (χ2n) is 4.66. The van der Waals surface area contributed by atoms with Crippen molar-refractivity contribution < 1.29 is 13.2 Å². The summed E-state index contributed by atoms with van der Waals surface area (Å²) >= 11 is 5.62. The van der Waals surface area contributed by atoms with Crippen LogP contribution in [-0.2, 0) is 14.8 Å². The molecule has 0 spiro atoms. The summed E-state index contributed by atoms with van der Waals surface area (Å²) in [6, 6.07) is 6.15. The van der Waals surface area contributed by atoms with E-state index in [1.165, 1.54) is 16.4 Å². The van der Waals surface area contributed by atoms with E-state index in [2.05, 4.69) is 5.32 Å². The molecule has 0 bridgehead atoms. The van der Waals surface area contributed by atoms with Gasteiger partial charge in [-0.25, -0.2) is 8.42 Å². The van der Waals surface area contributed by atoms with Crippen molar-refractivity contribution in [2.24, 2.45) is 5.92 Å². The topological polar surface area (TPSA) is 66.5 Å². The Kier molecular flexibility index (Phi) is 6.64. The van der Waals surface area contributed by atoms with Crippen LogP contribution in [0, 0.1) is 5.92 Å². The molecule has 1 unspecified atom stereocenters. The zero-order valence-corrected chi connectivity index (χ0v) is 14.0. The number of hydrogen-bond acceptors (Lipinski definition) is 3. The van der Waals surface area contributed by atoms with Crippen LogP contribution in [0.25, 0.3) is 0 Å². The van der Waals surface area contributed by atoms with Gasteiger partial charge in [0, 0.05) is 30.6 Å². The lowest BCUT2D eigenvalue weighted by Crippen LogP contribution is -2.30. The quantitative estimate of drug-likeness (QED) is 0.780. The molecular weight excluding hydrogens is 312 g/mol. The molecule has 118 valence electrons. The summed E-state index contributed by atoms with van der Waals surface area (Å²) in [5, 5.41) is 2.70. The number of nitrogens with one attached hydrogen (secondary N) is 1. The predicted molar refractivity (Wildman–Crippen MR) is 85.1 cm³/mol. The number of rotatable bonds is 7. The van der Waals surface area contributed by atoms with Crippen LogP contribution in [0.3, 0.4) is 0 Å². The highest BCUT2D eigenvalue weighted by Gasteiger charge is 2.21. The van der Waals surface area contributed by atoms with E-state index in [-0.39, 0.29) is 22.6 Å². The second-order valence-corrected chi connectivity index (χ2v) is 6.90. The van der Waals surface area contributed by atoms with Gasteiger partial charge in [-0.3, -0.25) is 4.79 Å². The molecule has 1 atom stereocenters. The molecule has 0 aliphatic heterocycles. The van der Waals surface area contributed by atoms with Crippen molar-refractivity contribution in [3.8, 4) is 0 Å². The van der Waals surface area contributed by atoms with Crippen molar-refractivity contribution in [3.05, 3.63) is 24.3 Å². The number of alkyl halides is 1. The van der Waals surface area contributed by atoms with Gasteiger partial charge in [-0.1, -0.05) is 20.8 Å². The molecule has 0 saturated carbocycles. The first-order chi connectivity index (χ1) is 9.86. The number of amides is 1. The SMILES string of the molecule is CCN(CC)S(=O)(=O)c1ccc(NC(=O)C(C)CCl)cc1. The van der Waals surface area contributed by atoms with Crippen LogP contribution < -0.4 is 5.32 Å². The number of halogens is 1. The van der Waals surface area contributed by atoms with Crippen LogP contribution in [0.1, 0.15) is 20.8 Å². The summed E-state index contributed by atoms with van der Waals surface area (Å²) in [4.78, 5) is 11.9. The van der Waals surface area contributed by atoms with Crippen LogP contribution in [-0.4, -0.2) is 37.6 Å². The number of sulfonamides is 1. The van der Waals surface area contributed by atoms with Crippen molar-refractivity contribution in [2.45, 2.75) is 25.7 Å². The van der Waals surface area contributed by atoms with Gasteiger partial charge in [-0.05, 0) is 24.3 Å². The Hall–Kier alpha value is -1.11. The van der Waals surface area contributed by atoms with E-state index in [1.807, 2.05) is 0 Å². The fourth-order valence-corrected chi connectivity index (χ4v) is 3.36. The maximum Gasteiger partial charge on any atom is 0.243 e. The lowest BCUT2D eigenvalue weighted by atomic mass is 10.2. The van der Waals surface area contributed by atoms with Gasteiger partial charge in [0.25, 0.3) is 0 Å². The maximum atomic E-state index is 12.3. The largest absolute Gasteiger partial charge is 0.326 e. The number of hydrogen-bond donors (Lipinski definition) is 1. The van der Waals surface area contributed by atoms with E-state index in [0.29, 0.717) is 18.8 Å². The first-order valence-corrected chi connectivity index (χ1v) is 8.81. The summed E-state index contributed by atoms with van der Waals surface area (Å²) < 4.78 is 26.0. The Bertz CT molecular complexity index is 568. The number of anilines is 1. The van der Waals surface area contributed by atoms with Crippen molar-refractivity contribution in [3.63, 3.8) is 0 Å². The molecule has 0 aliphatic rings. The van der Waals surface area contributed by atoms with Crippen LogP contribution in [0.2, 0.25) is 0 Å². The Labute approximate surface area is 131 Å². The normalized spacial score (nSPS) is 13.2. The molecule has 0 heterocycles. The number of benzene rings is 1. The summed E-state index contributed by atoms with van der Waals surface area (Å²) in [6.45, 7) is 6.16. The molecule has 0 aliphatic carbocycles. The van der Waals surface area contributed by atoms with Crippen molar-refractivity contribution >= 4 is 33.2 Å². The zero-order chi connectivity index (χ0) is 16.0. The number of nitrogens with zero attached hydrogens (tertiary/aromatic N) is 1. The highest BCUT2D eigenvalue weighted by Crippen LogP contribution is 2.18. The fraction of sp³-hybridized carbons (Fsp3) is 0.500. The molecule has 1 amide bonds. The van der Waals surface area contributed by atoms with Crippen molar-refractivity contribution in [2.75, 3.05) is 24.3 Å². The monoisotopic (exact) mass is 332 g/mol. The van der Waals surface area contributed by atoms with E-state index in [4.69, 9.17) is 11.6 Å². The predicted octanol–water partition coefficient (Wildman–Crippen LogP) is 2.53. The van der Waals surface area contributed by atoms with E-state index >= 15 is 0 Å². The molecule has 1 aromatic carbocycles. The van der Waals surface area contributed by atoms with Gasteiger partial charge in [0.15, 0.2) is 0 Å². The summed E-state index contributed by atoms with van der Waals surface area (Å²) in [6.07, 6.45) is 0. The third kappa shape index (κ3) is 4.43. The molecule has 21 heavy (non-hydrogen) atoms. The van der Waals surface area contributed by atoms with Gasteiger partial charge >= 0.3 is 0 Å². The van der Waals surface area contributed by atoms with Gasteiger partial charge < -0.3 is 5.32 Å². The standard InChI is InChI=1S/C14H21ClN2O3S/c1-4-17(5-2)21(19,20)13-8-6-12(7-9-13)16-14(18)11(3)10-15/h6-9,11H,4-5,10H2,1-3H3,(H,16,18). The molecule has 0 radical (unpaired) electrons. The smallest absolute Gasteiger partial charge is 0.243 e. The average Bonchev–Trinajstić information content (AvgIpc) is 2.47. The Balaban J connectivity index is 2.90. The Morgan fingerprint density at radius 1 is 1.24 bits per heavy atom. The van der Waals surface area contributed by atoms with E-state index in [0.717, 1.165) is 0 Å². The first-order valence-electron chi connectivity index (χ1n) is 6.83.